The standard InChI is InChI=1S/C22H21N5O/c1-26(2)22-10-16(6-7-24-22)21(28)11-19-9-18-8-15(4-5-17(18)12-25-19)20-13-23-14-27(20)3/h4-10,12-14H,11H2,1-3H3. The minimum Gasteiger partial charge on any atom is -0.363 e. The van der Waals surface area contributed by atoms with Crippen LogP contribution in [0.25, 0.3) is 22.0 Å². The normalized spacial score (nSPS) is 11.0. The Kier molecular flexibility index (Phi) is 4.61. The molecule has 0 aliphatic rings. The Labute approximate surface area is 163 Å². The van der Waals surface area contributed by atoms with Crippen molar-refractivity contribution < 1.29 is 4.79 Å². The number of fused-ring (bicyclic) bond motifs is 1. The molecule has 0 saturated heterocycles. The van der Waals surface area contributed by atoms with E-state index in [1.54, 1.807) is 18.6 Å². The van der Waals surface area contributed by atoms with Gasteiger partial charge in [0.1, 0.15) is 5.82 Å². The van der Waals surface area contributed by atoms with Gasteiger partial charge in [-0.2, -0.15) is 0 Å². The number of pyridine rings is 2. The van der Waals surface area contributed by atoms with Crippen LogP contribution in [0.15, 0.2) is 61.3 Å². The monoisotopic (exact) mass is 371 g/mol. The van der Waals surface area contributed by atoms with Gasteiger partial charge < -0.3 is 9.47 Å². The maximum Gasteiger partial charge on any atom is 0.169 e. The van der Waals surface area contributed by atoms with Crippen LogP contribution in [0.2, 0.25) is 0 Å². The van der Waals surface area contributed by atoms with E-state index in [0.717, 1.165) is 33.5 Å². The third kappa shape index (κ3) is 3.49. The molecule has 6 nitrogen and oxygen atoms in total. The minimum absolute atomic E-state index is 0.0279. The lowest BCUT2D eigenvalue weighted by atomic mass is 10.0. The van der Waals surface area contributed by atoms with Gasteiger partial charge in [-0.1, -0.05) is 12.1 Å². The molecule has 0 spiro atoms. The second-order valence-electron chi connectivity index (χ2n) is 7.02. The van der Waals surface area contributed by atoms with Crippen molar-refractivity contribution in [1.82, 2.24) is 19.5 Å². The summed E-state index contributed by atoms with van der Waals surface area (Å²) >= 11 is 0. The lowest BCUT2D eigenvalue weighted by molar-refractivity contribution is 0.0992. The van der Waals surface area contributed by atoms with E-state index in [2.05, 4.69) is 27.1 Å². The van der Waals surface area contributed by atoms with E-state index < -0.39 is 0 Å². The van der Waals surface area contributed by atoms with Gasteiger partial charge in [0.05, 0.1) is 24.6 Å². The van der Waals surface area contributed by atoms with Gasteiger partial charge in [-0.05, 0) is 29.7 Å². The van der Waals surface area contributed by atoms with Gasteiger partial charge in [0.2, 0.25) is 0 Å². The molecule has 0 amide bonds. The Morgan fingerprint density at radius 1 is 1.04 bits per heavy atom. The molecule has 3 heterocycles. The number of anilines is 1. The van der Waals surface area contributed by atoms with Crippen molar-refractivity contribution in [2.24, 2.45) is 7.05 Å². The summed E-state index contributed by atoms with van der Waals surface area (Å²) in [5.74, 6) is 0.790. The summed E-state index contributed by atoms with van der Waals surface area (Å²) in [6.07, 6.45) is 7.37. The van der Waals surface area contributed by atoms with Crippen LogP contribution in [0.4, 0.5) is 5.82 Å². The number of carbonyl (C=O) groups is 1. The van der Waals surface area contributed by atoms with Crippen molar-refractivity contribution in [3.63, 3.8) is 0 Å². The third-order valence-electron chi connectivity index (χ3n) is 4.76. The molecule has 4 rings (SSSR count). The molecule has 0 saturated carbocycles. The number of imidazole rings is 1. The van der Waals surface area contributed by atoms with Crippen molar-refractivity contribution >= 4 is 22.4 Å². The van der Waals surface area contributed by atoms with Crippen LogP contribution in [0.1, 0.15) is 16.1 Å². The summed E-state index contributed by atoms with van der Waals surface area (Å²) in [6.45, 7) is 0. The summed E-state index contributed by atoms with van der Waals surface area (Å²) in [5, 5.41) is 2.10. The highest BCUT2D eigenvalue weighted by atomic mass is 16.1. The van der Waals surface area contributed by atoms with Crippen molar-refractivity contribution in [2.45, 2.75) is 6.42 Å². The summed E-state index contributed by atoms with van der Waals surface area (Å²) in [7, 11) is 5.78. The van der Waals surface area contributed by atoms with Crippen molar-refractivity contribution in [2.75, 3.05) is 19.0 Å². The van der Waals surface area contributed by atoms with E-state index in [1.807, 2.05) is 61.2 Å². The SMILES string of the molecule is CN(C)c1cc(C(=O)Cc2cc3cc(-c4cncn4C)ccc3cn2)ccn1. The molecule has 0 unspecified atom stereocenters. The van der Waals surface area contributed by atoms with Gasteiger partial charge in [0.25, 0.3) is 0 Å². The predicted molar refractivity (Wildman–Crippen MR) is 111 cm³/mol. The number of Topliss-reactive ketones (excluding diaryl/α,β-unsaturated/α-hetero) is 1. The zero-order valence-electron chi connectivity index (χ0n) is 16.1. The fourth-order valence-corrected chi connectivity index (χ4v) is 3.18. The Morgan fingerprint density at radius 3 is 2.64 bits per heavy atom. The largest absolute Gasteiger partial charge is 0.363 e. The topological polar surface area (TPSA) is 63.9 Å². The van der Waals surface area contributed by atoms with Crippen molar-refractivity contribution in [1.29, 1.82) is 0 Å². The molecule has 0 aliphatic heterocycles. The van der Waals surface area contributed by atoms with Crippen LogP contribution in [-0.4, -0.2) is 39.4 Å². The molecular formula is C22H21N5O. The summed E-state index contributed by atoms with van der Waals surface area (Å²) in [4.78, 5) is 27.5. The highest BCUT2D eigenvalue weighted by molar-refractivity contribution is 5.98. The van der Waals surface area contributed by atoms with Gasteiger partial charge in [-0.25, -0.2) is 9.97 Å². The lowest BCUT2D eigenvalue weighted by Gasteiger charge is -2.11. The van der Waals surface area contributed by atoms with Gasteiger partial charge in [-0.3, -0.25) is 9.78 Å². The number of hydrogen-bond acceptors (Lipinski definition) is 5. The molecule has 0 bridgehead atoms. The Hall–Kier alpha value is -3.54. The molecule has 0 atom stereocenters. The number of carbonyl (C=O) groups excluding carboxylic acids is 1. The summed E-state index contributed by atoms with van der Waals surface area (Å²) in [5.41, 5.74) is 3.53. The highest BCUT2D eigenvalue weighted by Gasteiger charge is 2.11. The molecule has 0 fully saturated rings. The number of benzene rings is 1. The number of nitrogens with zero attached hydrogens (tertiary/aromatic N) is 5. The summed E-state index contributed by atoms with van der Waals surface area (Å²) < 4.78 is 1.98. The van der Waals surface area contributed by atoms with Crippen LogP contribution in [0, 0.1) is 0 Å². The van der Waals surface area contributed by atoms with Crippen LogP contribution >= 0.6 is 0 Å². The third-order valence-corrected chi connectivity index (χ3v) is 4.76. The highest BCUT2D eigenvalue weighted by Crippen LogP contribution is 2.24. The second kappa shape index (κ2) is 7.23. The quantitative estimate of drug-likeness (QED) is 0.502. The van der Waals surface area contributed by atoms with E-state index >= 15 is 0 Å². The molecule has 0 radical (unpaired) electrons. The number of hydrogen-bond donors (Lipinski definition) is 0. The summed E-state index contributed by atoms with van der Waals surface area (Å²) in [6, 6.07) is 11.8. The molecule has 4 aromatic rings. The molecule has 0 aliphatic carbocycles. The molecule has 0 N–H and O–H groups in total. The molecule has 140 valence electrons. The number of ketones is 1. The van der Waals surface area contributed by atoms with Gasteiger partial charge in [0, 0.05) is 55.7 Å². The maximum atomic E-state index is 12.7. The first-order valence-corrected chi connectivity index (χ1v) is 9.03. The average molecular weight is 371 g/mol. The zero-order valence-corrected chi connectivity index (χ0v) is 16.1. The van der Waals surface area contributed by atoms with Gasteiger partial charge >= 0.3 is 0 Å². The molecular weight excluding hydrogens is 350 g/mol. The number of aromatic nitrogens is 4. The second-order valence-corrected chi connectivity index (χ2v) is 7.02. The molecule has 6 heteroatoms. The van der Waals surface area contributed by atoms with Crippen LogP contribution in [0.5, 0.6) is 0 Å². The fraction of sp³-hybridized carbons (Fsp3) is 0.182. The fourth-order valence-electron chi connectivity index (χ4n) is 3.18. The van der Waals surface area contributed by atoms with Crippen LogP contribution < -0.4 is 4.90 Å². The smallest absolute Gasteiger partial charge is 0.169 e. The first-order chi connectivity index (χ1) is 13.5. The average Bonchev–Trinajstić information content (AvgIpc) is 3.13. The van der Waals surface area contributed by atoms with E-state index in [4.69, 9.17) is 0 Å². The number of aryl methyl sites for hydroxylation is 1. The van der Waals surface area contributed by atoms with Crippen LogP contribution in [-0.2, 0) is 13.5 Å². The minimum atomic E-state index is 0.0279. The number of rotatable bonds is 5. The molecule has 3 aromatic heterocycles. The molecule has 1 aromatic carbocycles. The van der Waals surface area contributed by atoms with Crippen LogP contribution in [0.3, 0.4) is 0 Å². The molecule has 28 heavy (non-hydrogen) atoms. The maximum absolute atomic E-state index is 12.7. The van der Waals surface area contributed by atoms with E-state index in [9.17, 15) is 4.79 Å². The lowest BCUT2D eigenvalue weighted by Crippen LogP contribution is -2.12. The van der Waals surface area contributed by atoms with Gasteiger partial charge in [-0.15, -0.1) is 0 Å². The van der Waals surface area contributed by atoms with E-state index in [1.165, 1.54) is 0 Å². The van der Waals surface area contributed by atoms with Crippen molar-refractivity contribution in [3.8, 4) is 11.3 Å². The Balaban J connectivity index is 1.63. The van der Waals surface area contributed by atoms with E-state index in [-0.39, 0.29) is 12.2 Å². The predicted octanol–water partition coefficient (Wildman–Crippen LogP) is 3.52. The Bertz CT molecular complexity index is 1160. The van der Waals surface area contributed by atoms with E-state index in [0.29, 0.717) is 5.56 Å². The zero-order chi connectivity index (χ0) is 19.7. The Morgan fingerprint density at radius 2 is 1.89 bits per heavy atom. The van der Waals surface area contributed by atoms with Gasteiger partial charge in [0.15, 0.2) is 5.78 Å². The van der Waals surface area contributed by atoms with Crippen molar-refractivity contribution in [3.05, 3.63) is 72.6 Å². The first-order valence-electron chi connectivity index (χ1n) is 9.03. The first kappa shape index (κ1) is 17.9.